The standard InChI is InChI=1S/C24H27N5O2S2/c1-15-26-18(14-32-15)19-7-6-16(31-19)12-25-23-22-17-4-2-3-5-20(17)33-24(22)28-21(27-23)13-29-8-10-30-11-9-29/h6-7,14H,2-5,8-13H2,1H3,(H,25,27,28). The zero-order chi connectivity index (χ0) is 22.2. The van der Waals surface area contributed by atoms with Gasteiger partial charge in [0.1, 0.15) is 27.9 Å². The fourth-order valence-corrected chi connectivity index (χ4v) is 6.50. The van der Waals surface area contributed by atoms with Gasteiger partial charge in [-0.25, -0.2) is 15.0 Å². The lowest BCUT2D eigenvalue weighted by Gasteiger charge is -2.25. The summed E-state index contributed by atoms with van der Waals surface area (Å²) in [5.74, 6) is 3.50. The van der Waals surface area contributed by atoms with Crippen molar-refractivity contribution in [2.75, 3.05) is 31.6 Å². The van der Waals surface area contributed by atoms with Gasteiger partial charge in [-0.05, 0) is 50.3 Å². The average Bonchev–Trinajstić information content (AvgIpc) is 3.56. The fourth-order valence-electron chi connectivity index (χ4n) is 4.62. The van der Waals surface area contributed by atoms with Crippen LogP contribution in [0.25, 0.3) is 21.7 Å². The second-order valence-corrected chi connectivity index (χ2v) is 10.8. The minimum absolute atomic E-state index is 0.580. The number of aryl methyl sites for hydroxylation is 3. The summed E-state index contributed by atoms with van der Waals surface area (Å²) in [6.45, 7) is 6.75. The number of ether oxygens (including phenoxy) is 1. The van der Waals surface area contributed by atoms with E-state index in [1.165, 1.54) is 28.7 Å². The van der Waals surface area contributed by atoms with Gasteiger partial charge in [0.15, 0.2) is 5.76 Å². The summed E-state index contributed by atoms with van der Waals surface area (Å²) in [6.07, 6.45) is 4.78. The van der Waals surface area contributed by atoms with E-state index < -0.39 is 0 Å². The molecule has 0 bridgehead atoms. The molecule has 0 saturated carbocycles. The number of furan rings is 1. The first kappa shape index (κ1) is 21.2. The van der Waals surface area contributed by atoms with Gasteiger partial charge < -0.3 is 14.5 Å². The van der Waals surface area contributed by atoms with Gasteiger partial charge in [-0.1, -0.05) is 0 Å². The molecule has 9 heteroatoms. The largest absolute Gasteiger partial charge is 0.458 e. The van der Waals surface area contributed by atoms with Crippen LogP contribution in [0.1, 0.15) is 39.9 Å². The van der Waals surface area contributed by atoms with E-state index in [4.69, 9.17) is 19.1 Å². The molecule has 1 fully saturated rings. The van der Waals surface area contributed by atoms with Gasteiger partial charge in [-0.2, -0.15) is 0 Å². The highest BCUT2D eigenvalue weighted by atomic mass is 32.1. The molecule has 0 unspecified atom stereocenters. The Kier molecular flexibility index (Phi) is 5.87. The maximum absolute atomic E-state index is 6.08. The topological polar surface area (TPSA) is 76.3 Å². The number of thiophene rings is 1. The lowest BCUT2D eigenvalue weighted by Crippen LogP contribution is -2.36. The highest BCUT2D eigenvalue weighted by molar-refractivity contribution is 7.19. The summed E-state index contributed by atoms with van der Waals surface area (Å²) in [6, 6.07) is 4.02. The molecule has 0 aromatic carbocycles. The van der Waals surface area contributed by atoms with E-state index in [9.17, 15) is 0 Å². The van der Waals surface area contributed by atoms with E-state index in [0.29, 0.717) is 6.54 Å². The second kappa shape index (κ2) is 9.13. The van der Waals surface area contributed by atoms with Gasteiger partial charge in [-0.3, -0.25) is 4.90 Å². The third-order valence-electron chi connectivity index (χ3n) is 6.29. The molecule has 0 spiro atoms. The third-order valence-corrected chi connectivity index (χ3v) is 8.25. The van der Waals surface area contributed by atoms with Gasteiger partial charge in [0.25, 0.3) is 0 Å². The molecule has 6 rings (SSSR count). The Bertz CT molecular complexity index is 1270. The average molecular weight is 482 g/mol. The van der Waals surface area contributed by atoms with Crippen LogP contribution in [-0.4, -0.2) is 46.2 Å². The fraction of sp³-hybridized carbons (Fsp3) is 0.458. The van der Waals surface area contributed by atoms with Crippen molar-refractivity contribution < 1.29 is 9.15 Å². The molecular formula is C24H27N5O2S2. The van der Waals surface area contributed by atoms with Crippen molar-refractivity contribution in [3.8, 4) is 11.5 Å². The molecule has 4 aromatic rings. The summed E-state index contributed by atoms with van der Waals surface area (Å²) in [5.41, 5.74) is 2.34. The summed E-state index contributed by atoms with van der Waals surface area (Å²) in [5, 5.41) is 7.88. The third kappa shape index (κ3) is 4.42. The monoisotopic (exact) mass is 481 g/mol. The molecule has 1 saturated heterocycles. The van der Waals surface area contributed by atoms with Crippen molar-refractivity contribution >= 4 is 38.7 Å². The molecule has 5 heterocycles. The van der Waals surface area contributed by atoms with Crippen LogP contribution >= 0.6 is 22.7 Å². The Labute approximate surface area is 200 Å². The van der Waals surface area contributed by atoms with Gasteiger partial charge in [0.05, 0.1) is 36.7 Å². The number of nitrogens with zero attached hydrogens (tertiary/aromatic N) is 4. The Morgan fingerprint density at radius 2 is 1.97 bits per heavy atom. The molecule has 0 radical (unpaired) electrons. The quantitative estimate of drug-likeness (QED) is 0.413. The molecule has 2 aliphatic rings. The summed E-state index contributed by atoms with van der Waals surface area (Å²) < 4.78 is 11.6. The number of morpholine rings is 1. The normalized spacial score (nSPS) is 16.9. The number of fused-ring (bicyclic) bond motifs is 3. The van der Waals surface area contributed by atoms with Crippen LogP contribution < -0.4 is 5.32 Å². The number of aromatic nitrogens is 3. The zero-order valence-corrected chi connectivity index (χ0v) is 20.4. The number of anilines is 1. The first-order valence-corrected chi connectivity index (χ1v) is 13.3. The van der Waals surface area contributed by atoms with E-state index in [1.807, 2.05) is 35.8 Å². The summed E-state index contributed by atoms with van der Waals surface area (Å²) >= 11 is 3.49. The van der Waals surface area contributed by atoms with Gasteiger partial charge >= 0.3 is 0 Å². The van der Waals surface area contributed by atoms with E-state index >= 15 is 0 Å². The lowest BCUT2D eigenvalue weighted by molar-refractivity contribution is 0.0331. The van der Waals surface area contributed by atoms with Crippen molar-refractivity contribution in [1.82, 2.24) is 19.9 Å². The number of hydrogen-bond donors (Lipinski definition) is 1. The predicted molar refractivity (Wildman–Crippen MR) is 132 cm³/mol. The van der Waals surface area contributed by atoms with Crippen molar-refractivity contribution in [3.63, 3.8) is 0 Å². The van der Waals surface area contributed by atoms with E-state index in [1.54, 1.807) is 11.3 Å². The van der Waals surface area contributed by atoms with Crippen LogP contribution in [0, 0.1) is 6.92 Å². The molecule has 4 aromatic heterocycles. The summed E-state index contributed by atoms with van der Waals surface area (Å²) in [4.78, 5) is 19.5. The van der Waals surface area contributed by atoms with E-state index in [0.717, 1.165) is 84.4 Å². The van der Waals surface area contributed by atoms with Gasteiger partial charge in [-0.15, -0.1) is 22.7 Å². The number of nitrogens with one attached hydrogen (secondary N) is 1. The molecular weight excluding hydrogens is 454 g/mol. The lowest BCUT2D eigenvalue weighted by atomic mass is 9.97. The molecule has 1 aliphatic carbocycles. The van der Waals surface area contributed by atoms with Crippen LogP contribution in [0.3, 0.4) is 0 Å². The van der Waals surface area contributed by atoms with Gasteiger partial charge in [0.2, 0.25) is 0 Å². The van der Waals surface area contributed by atoms with Crippen LogP contribution in [0.4, 0.5) is 5.82 Å². The van der Waals surface area contributed by atoms with Crippen molar-refractivity contribution in [3.05, 3.63) is 44.5 Å². The van der Waals surface area contributed by atoms with Crippen LogP contribution in [-0.2, 0) is 30.7 Å². The van der Waals surface area contributed by atoms with Crippen molar-refractivity contribution in [1.29, 1.82) is 0 Å². The predicted octanol–water partition coefficient (Wildman–Crippen LogP) is 5.04. The molecule has 0 atom stereocenters. The van der Waals surface area contributed by atoms with Crippen LogP contribution in [0.5, 0.6) is 0 Å². The SMILES string of the molecule is Cc1nc(-c2ccc(CNc3nc(CN4CCOCC4)nc4sc5c(c34)CCCC5)o2)cs1. The molecule has 172 valence electrons. The second-order valence-electron chi connectivity index (χ2n) is 8.64. The van der Waals surface area contributed by atoms with Gasteiger partial charge in [0, 0.05) is 23.3 Å². The molecule has 1 aliphatic heterocycles. The minimum Gasteiger partial charge on any atom is -0.458 e. The Hall–Kier alpha value is -2.33. The number of rotatable bonds is 6. The van der Waals surface area contributed by atoms with Crippen LogP contribution in [0.15, 0.2) is 21.9 Å². The Morgan fingerprint density at radius 1 is 1.09 bits per heavy atom. The van der Waals surface area contributed by atoms with Crippen molar-refractivity contribution in [2.45, 2.75) is 45.7 Å². The highest BCUT2D eigenvalue weighted by Gasteiger charge is 2.22. The highest BCUT2D eigenvalue weighted by Crippen LogP contribution is 2.39. The Morgan fingerprint density at radius 3 is 2.82 bits per heavy atom. The number of hydrogen-bond acceptors (Lipinski definition) is 9. The minimum atomic E-state index is 0.580. The Balaban J connectivity index is 1.29. The molecule has 1 N–H and O–H groups in total. The zero-order valence-electron chi connectivity index (χ0n) is 18.7. The summed E-state index contributed by atoms with van der Waals surface area (Å²) in [7, 11) is 0. The van der Waals surface area contributed by atoms with E-state index in [-0.39, 0.29) is 0 Å². The first-order chi connectivity index (χ1) is 16.2. The maximum Gasteiger partial charge on any atom is 0.153 e. The molecule has 0 amide bonds. The van der Waals surface area contributed by atoms with E-state index in [2.05, 4.69) is 15.2 Å². The van der Waals surface area contributed by atoms with Crippen molar-refractivity contribution in [2.24, 2.45) is 0 Å². The first-order valence-electron chi connectivity index (χ1n) is 11.6. The molecule has 7 nitrogen and oxygen atoms in total. The maximum atomic E-state index is 6.08. The number of thiazole rings is 1. The smallest absolute Gasteiger partial charge is 0.153 e. The molecule has 33 heavy (non-hydrogen) atoms. The van der Waals surface area contributed by atoms with Crippen LogP contribution in [0.2, 0.25) is 0 Å².